The molecule has 2 atom stereocenters. The number of hydrogen-bond acceptors (Lipinski definition) is 8. The van der Waals surface area contributed by atoms with E-state index >= 15 is 0 Å². The van der Waals surface area contributed by atoms with Gasteiger partial charge in [0.1, 0.15) is 37.9 Å². The van der Waals surface area contributed by atoms with Gasteiger partial charge in [0, 0.05) is 36.5 Å². The fourth-order valence-electron chi connectivity index (χ4n) is 5.04. The van der Waals surface area contributed by atoms with Crippen LogP contribution in [0.1, 0.15) is 11.1 Å². The van der Waals surface area contributed by atoms with Crippen molar-refractivity contribution in [3.63, 3.8) is 0 Å². The highest BCUT2D eigenvalue weighted by Gasteiger charge is 2.43. The smallest absolute Gasteiger partial charge is 0.269 e. The van der Waals surface area contributed by atoms with Gasteiger partial charge in [0.2, 0.25) is 0 Å². The zero-order valence-electron chi connectivity index (χ0n) is 24.4. The van der Waals surface area contributed by atoms with Crippen LogP contribution in [0.15, 0.2) is 103 Å². The van der Waals surface area contributed by atoms with Gasteiger partial charge < -0.3 is 19.1 Å². The van der Waals surface area contributed by atoms with Crippen molar-refractivity contribution in [2.45, 2.75) is 18.7 Å². The van der Waals surface area contributed by atoms with Crippen LogP contribution in [0.5, 0.6) is 5.75 Å². The number of nitro groups is 1. The number of halogens is 1. The first kappa shape index (κ1) is 31.4. The predicted octanol–water partition coefficient (Wildman–Crippen LogP) is 6.13. The summed E-state index contributed by atoms with van der Waals surface area (Å²) in [6.45, 7) is 4.04. The molecule has 10 nitrogen and oxygen atoms in total. The summed E-state index contributed by atoms with van der Waals surface area (Å²) < 4.78 is 17.6. The molecule has 0 aliphatic carbocycles. The summed E-state index contributed by atoms with van der Waals surface area (Å²) in [4.78, 5) is 23.9. The molecule has 1 aromatic heterocycles. The van der Waals surface area contributed by atoms with Crippen LogP contribution in [0.25, 0.3) is 0 Å². The van der Waals surface area contributed by atoms with E-state index in [9.17, 15) is 10.1 Å². The number of benzene rings is 3. The van der Waals surface area contributed by atoms with E-state index in [-0.39, 0.29) is 10.3 Å². The summed E-state index contributed by atoms with van der Waals surface area (Å²) in [5, 5.41) is 11.3. The monoisotopic (exact) mass is 619 g/mol. The Morgan fingerprint density at radius 1 is 0.864 bits per heavy atom. The molecule has 44 heavy (non-hydrogen) atoms. The third kappa shape index (κ3) is 8.52. The molecule has 1 aliphatic rings. The molecular weight excluding hydrogens is 584 g/mol. The Labute approximate surface area is 262 Å². The standard InChI is InChI=1S/C33H36ClN4O6/c34-32-24-38(30-13-11-29(12-14-30)37(39)40,44-22-20-42-26-28-9-5-2-6-10-28)18-17-36(32)33-23-31(15-16-35-33)43-21-19-41-25-27-7-3-1-4-8-27/h1-16,23,32H,17-22,24-26H2/q+1. The lowest BCUT2D eigenvalue weighted by atomic mass is 10.2. The zero-order chi connectivity index (χ0) is 30.6. The van der Waals surface area contributed by atoms with Gasteiger partial charge in [-0.25, -0.2) is 4.98 Å². The van der Waals surface area contributed by atoms with Crippen LogP contribution in [0.4, 0.5) is 17.2 Å². The number of hydrogen-bond donors (Lipinski definition) is 0. The number of rotatable bonds is 15. The second-order valence-electron chi connectivity index (χ2n) is 10.3. The summed E-state index contributed by atoms with van der Waals surface area (Å²) in [5.74, 6) is 1.37. The zero-order valence-corrected chi connectivity index (χ0v) is 25.1. The van der Waals surface area contributed by atoms with E-state index < -0.39 is 10.4 Å². The number of alkyl halides is 1. The van der Waals surface area contributed by atoms with E-state index in [1.165, 1.54) is 12.1 Å². The second kappa shape index (κ2) is 15.6. The molecular formula is C33H36ClN4O6+. The molecule has 230 valence electrons. The summed E-state index contributed by atoms with van der Waals surface area (Å²) in [6.07, 6.45) is 1.70. The summed E-state index contributed by atoms with van der Waals surface area (Å²) in [5.41, 5.74) is 2.53. The SMILES string of the molecule is O=[N+]([O-])c1ccc([N+]2(OCCOCc3ccccc3)CCN(c3cc(OCCOCc4ccccc4)ccn3)C(Cl)C2)cc1. The van der Waals surface area contributed by atoms with Gasteiger partial charge >= 0.3 is 0 Å². The van der Waals surface area contributed by atoms with Gasteiger partial charge in [-0.2, -0.15) is 4.84 Å². The van der Waals surface area contributed by atoms with Crippen molar-refractivity contribution in [1.29, 1.82) is 0 Å². The molecule has 1 aliphatic heterocycles. The Balaban J connectivity index is 1.19. The van der Waals surface area contributed by atoms with Crippen molar-refractivity contribution in [3.8, 4) is 5.75 Å². The average molecular weight is 620 g/mol. The molecule has 2 heterocycles. The van der Waals surface area contributed by atoms with E-state index in [1.807, 2.05) is 77.7 Å². The number of ether oxygens (including phenoxy) is 3. The molecule has 11 heteroatoms. The maximum atomic E-state index is 11.3. The van der Waals surface area contributed by atoms with Gasteiger partial charge in [0.25, 0.3) is 5.69 Å². The Morgan fingerprint density at radius 2 is 1.50 bits per heavy atom. The van der Waals surface area contributed by atoms with Gasteiger partial charge in [-0.1, -0.05) is 72.3 Å². The van der Waals surface area contributed by atoms with E-state index in [0.717, 1.165) is 16.8 Å². The number of quaternary nitrogens is 1. The molecule has 0 amide bonds. The van der Waals surface area contributed by atoms with Crippen molar-refractivity contribution < 1.29 is 24.0 Å². The predicted molar refractivity (Wildman–Crippen MR) is 169 cm³/mol. The number of pyridine rings is 1. The van der Waals surface area contributed by atoms with Crippen LogP contribution >= 0.6 is 11.6 Å². The molecule has 0 radical (unpaired) electrons. The Kier molecular flexibility index (Phi) is 11.1. The number of aromatic nitrogens is 1. The average Bonchev–Trinajstić information content (AvgIpc) is 3.05. The van der Waals surface area contributed by atoms with Crippen molar-refractivity contribution in [2.75, 3.05) is 51.0 Å². The van der Waals surface area contributed by atoms with Crippen molar-refractivity contribution in [1.82, 2.24) is 9.63 Å². The van der Waals surface area contributed by atoms with Crippen molar-refractivity contribution >= 4 is 28.8 Å². The van der Waals surface area contributed by atoms with Gasteiger partial charge in [0.05, 0.1) is 37.9 Å². The van der Waals surface area contributed by atoms with E-state index in [2.05, 4.69) is 4.98 Å². The summed E-state index contributed by atoms with van der Waals surface area (Å²) in [6, 6.07) is 30.1. The first-order chi connectivity index (χ1) is 21.5. The highest BCUT2D eigenvalue weighted by molar-refractivity contribution is 6.22. The van der Waals surface area contributed by atoms with Crippen LogP contribution in [0.3, 0.4) is 0 Å². The first-order valence-electron chi connectivity index (χ1n) is 14.5. The molecule has 5 rings (SSSR count). The number of nitrogens with zero attached hydrogens (tertiary/aromatic N) is 4. The minimum Gasteiger partial charge on any atom is -0.491 e. The minimum atomic E-state index is -0.471. The Hall–Kier alpha value is -4.06. The topological polar surface area (TPSA) is 96.2 Å². The summed E-state index contributed by atoms with van der Waals surface area (Å²) in [7, 11) is 0. The van der Waals surface area contributed by atoms with Gasteiger partial charge in [-0.05, 0) is 17.2 Å². The number of non-ortho nitro benzene ring substituents is 1. The Morgan fingerprint density at radius 3 is 2.11 bits per heavy atom. The molecule has 0 saturated carbocycles. The lowest BCUT2D eigenvalue weighted by molar-refractivity contribution is -0.384. The van der Waals surface area contributed by atoms with Crippen LogP contribution in [-0.2, 0) is 27.5 Å². The molecule has 0 spiro atoms. The number of hydroxylamine groups is 2. The number of nitro benzene ring substituents is 1. The number of anilines is 1. The van der Waals surface area contributed by atoms with Crippen molar-refractivity contribution in [3.05, 3.63) is 124 Å². The van der Waals surface area contributed by atoms with E-state index in [0.29, 0.717) is 70.8 Å². The quantitative estimate of drug-likeness (QED) is 0.0392. The molecule has 1 saturated heterocycles. The largest absolute Gasteiger partial charge is 0.491 e. The maximum absolute atomic E-state index is 11.3. The molecule has 2 unspecified atom stereocenters. The lowest BCUT2D eigenvalue weighted by Crippen LogP contribution is -2.63. The first-order valence-corrected chi connectivity index (χ1v) is 15.0. The molecule has 0 bridgehead atoms. The molecule has 4 aromatic rings. The third-order valence-corrected chi connectivity index (χ3v) is 7.69. The minimum absolute atomic E-state index is 0.0191. The van der Waals surface area contributed by atoms with E-state index in [4.69, 9.17) is 30.6 Å². The van der Waals surface area contributed by atoms with Crippen LogP contribution in [0, 0.1) is 10.1 Å². The van der Waals surface area contributed by atoms with E-state index in [1.54, 1.807) is 18.3 Å². The van der Waals surface area contributed by atoms with Gasteiger partial charge in [0.15, 0.2) is 11.2 Å². The van der Waals surface area contributed by atoms with Crippen LogP contribution < -0.4 is 14.3 Å². The molecule has 3 aromatic carbocycles. The molecule has 0 N–H and O–H groups in total. The van der Waals surface area contributed by atoms with Crippen LogP contribution in [-0.4, -0.2) is 61.5 Å². The number of piperazine rings is 1. The fourth-order valence-corrected chi connectivity index (χ4v) is 5.46. The summed E-state index contributed by atoms with van der Waals surface area (Å²) >= 11 is 7.00. The maximum Gasteiger partial charge on any atom is 0.269 e. The second-order valence-corrected chi connectivity index (χ2v) is 10.8. The van der Waals surface area contributed by atoms with Gasteiger partial charge in [-0.3, -0.25) is 10.1 Å². The lowest BCUT2D eigenvalue weighted by Gasteiger charge is -2.44. The fraction of sp³-hybridized carbons (Fsp3) is 0.303. The third-order valence-electron chi connectivity index (χ3n) is 7.31. The normalized spacial score (nSPS) is 18.2. The van der Waals surface area contributed by atoms with Gasteiger partial charge in [-0.15, -0.1) is 4.65 Å². The van der Waals surface area contributed by atoms with Crippen molar-refractivity contribution in [2.24, 2.45) is 0 Å². The highest BCUT2D eigenvalue weighted by atomic mass is 35.5. The van der Waals surface area contributed by atoms with Crippen LogP contribution in [0.2, 0.25) is 0 Å². The Bertz CT molecular complexity index is 1460. The highest BCUT2D eigenvalue weighted by Crippen LogP contribution is 2.33. The molecule has 1 fully saturated rings.